The van der Waals surface area contributed by atoms with Crippen molar-refractivity contribution in [3.8, 4) is 28.7 Å². The third-order valence-corrected chi connectivity index (χ3v) is 2.82. The van der Waals surface area contributed by atoms with Gasteiger partial charge in [0.15, 0.2) is 0 Å². The van der Waals surface area contributed by atoms with Gasteiger partial charge < -0.3 is 9.47 Å². The minimum atomic E-state index is -0.562. The minimum Gasteiger partial charge on any atom is -0.496 e. The number of nitriles is 1. The summed E-state index contributed by atoms with van der Waals surface area (Å²) >= 11 is 0. The molecule has 4 heteroatoms. The molecule has 0 saturated carbocycles. The van der Waals surface area contributed by atoms with E-state index in [1.54, 1.807) is 30.3 Å². The predicted octanol–water partition coefficient (Wildman–Crippen LogP) is 3.38. The number of rotatable bonds is 3. The quantitative estimate of drug-likeness (QED) is 0.846. The van der Waals surface area contributed by atoms with Gasteiger partial charge in [0.1, 0.15) is 23.4 Å². The molecule has 0 heterocycles. The summed E-state index contributed by atoms with van der Waals surface area (Å²) in [5.41, 5.74) is 1.01. The summed E-state index contributed by atoms with van der Waals surface area (Å²) in [6.07, 6.45) is 0. The van der Waals surface area contributed by atoms with Crippen LogP contribution in [0.15, 0.2) is 36.4 Å². The van der Waals surface area contributed by atoms with Crippen molar-refractivity contribution in [1.29, 1.82) is 5.26 Å². The van der Waals surface area contributed by atoms with Crippen LogP contribution >= 0.6 is 0 Å². The molecule has 0 bridgehead atoms. The number of nitrogens with zero attached hydrogens (tertiary/aromatic N) is 1. The first-order chi connectivity index (χ1) is 9.22. The molecular formula is C15H12FNO2. The van der Waals surface area contributed by atoms with Crippen molar-refractivity contribution in [1.82, 2.24) is 0 Å². The Morgan fingerprint density at radius 1 is 1.00 bits per heavy atom. The van der Waals surface area contributed by atoms with Gasteiger partial charge in [-0.15, -0.1) is 0 Å². The van der Waals surface area contributed by atoms with Crippen molar-refractivity contribution >= 4 is 0 Å². The second kappa shape index (κ2) is 5.40. The van der Waals surface area contributed by atoms with Gasteiger partial charge >= 0.3 is 0 Å². The van der Waals surface area contributed by atoms with Crippen molar-refractivity contribution in [2.24, 2.45) is 0 Å². The topological polar surface area (TPSA) is 42.2 Å². The summed E-state index contributed by atoms with van der Waals surface area (Å²) in [4.78, 5) is 0. The predicted molar refractivity (Wildman–Crippen MR) is 69.7 cm³/mol. The number of methoxy groups -OCH3 is 2. The lowest BCUT2D eigenvalue weighted by Gasteiger charge is -2.14. The summed E-state index contributed by atoms with van der Waals surface area (Å²) in [7, 11) is 3.03. The Balaban J connectivity index is 2.79. The third-order valence-electron chi connectivity index (χ3n) is 2.82. The summed E-state index contributed by atoms with van der Waals surface area (Å²) in [6, 6.07) is 11.6. The molecule has 0 radical (unpaired) electrons. The van der Waals surface area contributed by atoms with Gasteiger partial charge in [-0.3, -0.25) is 0 Å². The number of halogens is 1. The van der Waals surface area contributed by atoms with E-state index in [0.717, 1.165) is 0 Å². The Morgan fingerprint density at radius 2 is 1.58 bits per heavy atom. The highest BCUT2D eigenvalue weighted by molar-refractivity contribution is 5.81. The smallest absolute Gasteiger partial charge is 0.141 e. The second-order valence-corrected chi connectivity index (χ2v) is 3.81. The summed E-state index contributed by atoms with van der Waals surface area (Å²) in [5.74, 6) is 0.496. The Morgan fingerprint density at radius 3 is 2.11 bits per heavy atom. The van der Waals surface area contributed by atoms with E-state index < -0.39 is 5.82 Å². The van der Waals surface area contributed by atoms with Crippen LogP contribution in [0.1, 0.15) is 5.56 Å². The molecule has 3 nitrogen and oxygen atoms in total. The van der Waals surface area contributed by atoms with Gasteiger partial charge in [-0.05, 0) is 18.2 Å². The van der Waals surface area contributed by atoms with Crippen LogP contribution in [0.25, 0.3) is 11.1 Å². The first-order valence-electron chi connectivity index (χ1n) is 5.63. The normalized spacial score (nSPS) is 9.79. The van der Waals surface area contributed by atoms with Crippen molar-refractivity contribution in [2.45, 2.75) is 0 Å². The molecule has 0 saturated heterocycles. The van der Waals surface area contributed by atoms with E-state index in [9.17, 15) is 4.39 Å². The number of benzene rings is 2. The van der Waals surface area contributed by atoms with Gasteiger partial charge in [0, 0.05) is 5.56 Å². The SMILES string of the molecule is COc1cccc(OC)c1-c1cccc(F)c1C#N. The zero-order valence-corrected chi connectivity index (χ0v) is 10.6. The standard InChI is InChI=1S/C15H12FNO2/c1-18-13-7-4-8-14(19-2)15(13)10-5-3-6-12(16)11(10)9-17/h3-8H,1-2H3. The Bertz CT molecular complexity index is 625. The van der Waals surface area contributed by atoms with Crippen molar-refractivity contribution in [3.63, 3.8) is 0 Å². The van der Waals surface area contributed by atoms with Crippen molar-refractivity contribution in [3.05, 3.63) is 47.8 Å². The van der Waals surface area contributed by atoms with Gasteiger partial charge in [-0.2, -0.15) is 5.26 Å². The van der Waals surface area contributed by atoms with Crippen LogP contribution in [0.3, 0.4) is 0 Å². The molecule has 0 N–H and O–H groups in total. The molecule has 0 aromatic heterocycles. The maximum atomic E-state index is 13.7. The highest BCUT2D eigenvalue weighted by Crippen LogP contribution is 2.40. The summed E-state index contributed by atoms with van der Waals surface area (Å²) in [6.45, 7) is 0. The molecule has 0 unspecified atom stereocenters. The largest absolute Gasteiger partial charge is 0.496 e. The van der Waals surface area contributed by atoms with E-state index in [1.165, 1.54) is 20.3 Å². The van der Waals surface area contributed by atoms with Crippen molar-refractivity contribution < 1.29 is 13.9 Å². The van der Waals surface area contributed by atoms with Gasteiger partial charge in [0.2, 0.25) is 0 Å². The van der Waals surface area contributed by atoms with E-state index in [-0.39, 0.29) is 5.56 Å². The van der Waals surface area contributed by atoms with Crippen LogP contribution in [-0.2, 0) is 0 Å². The van der Waals surface area contributed by atoms with Crippen LogP contribution in [0, 0.1) is 17.1 Å². The first-order valence-corrected chi connectivity index (χ1v) is 5.63. The maximum Gasteiger partial charge on any atom is 0.141 e. The number of hydrogen-bond acceptors (Lipinski definition) is 3. The fourth-order valence-electron chi connectivity index (χ4n) is 1.96. The third kappa shape index (κ3) is 2.23. The molecule has 96 valence electrons. The van der Waals surface area contributed by atoms with Gasteiger partial charge in [-0.25, -0.2) is 4.39 Å². The van der Waals surface area contributed by atoms with Gasteiger partial charge in [0.05, 0.1) is 25.3 Å². The maximum absolute atomic E-state index is 13.7. The molecule has 0 fully saturated rings. The molecule has 0 amide bonds. The molecule has 0 aliphatic heterocycles. The van der Waals surface area contributed by atoms with Gasteiger partial charge in [0.25, 0.3) is 0 Å². The average Bonchev–Trinajstić information content (AvgIpc) is 2.46. The number of hydrogen-bond donors (Lipinski definition) is 0. The van der Waals surface area contributed by atoms with Crippen LogP contribution in [0.5, 0.6) is 11.5 Å². The molecule has 0 atom stereocenters. The average molecular weight is 257 g/mol. The lowest BCUT2D eigenvalue weighted by Crippen LogP contribution is -1.96. The number of ether oxygens (including phenoxy) is 2. The Labute approximate surface area is 110 Å². The molecule has 19 heavy (non-hydrogen) atoms. The zero-order valence-electron chi connectivity index (χ0n) is 10.6. The molecule has 0 aliphatic rings. The van der Waals surface area contributed by atoms with Gasteiger partial charge in [-0.1, -0.05) is 18.2 Å². The highest BCUT2D eigenvalue weighted by Gasteiger charge is 2.17. The Kier molecular flexibility index (Phi) is 3.67. The molecule has 0 spiro atoms. The van der Waals surface area contributed by atoms with E-state index in [2.05, 4.69) is 0 Å². The minimum absolute atomic E-state index is 0.0229. The van der Waals surface area contributed by atoms with E-state index in [0.29, 0.717) is 22.6 Å². The first kappa shape index (κ1) is 12.9. The van der Waals surface area contributed by atoms with E-state index in [4.69, 9.17) is 14.7 Å². The fraction of sp³-hybridized carbons (Fsp3) is 0.133. The van der Waals surface area contributed by atoms with Crippen molar-refractivity contribution in [2.75, 3.05) is 14.2 Å². The molecule has 2 rings (SSSR count). The van der Waals surface area contributed by atoms with Crippen LogP contribution in [0.2, 0.25) is 0 Å². The van der Waals surface area contributed by atoms with E-state index in [1.807, 2.05) is 6.07 Å². The molecular weight excluding hydrogens is 245 g/mol. The molecule has 2 aromatic rings. The highest BCUT2D eigenvalue weighted by atomic mass is 19.1. The van der Waals surface area contributed by atoms with E-state index >= 15 is 0 Å². The molecule has 0 aliphatic carbocycles. The lowest BCUT2D eigenvalue weighted by atomic mass is 9.98. The molecule has 2 aromatic carbocycles. The summed E-state index contributed by atoms with van der Waals surface area (Å²) in [5, 5.41) is 9.12. The second-order valence-electron chi connectivity index (χ2n) is 3.81. The fourth-order valence-corrected chi connectivity index (χ4v) is 1.96. The zero-order chi connectivity index (χ0) is 13.8. The summed E-state index contributed by atoms with van der Waals surface area (Å²) < 4.78 is 24.2. The van der Waals surface area contributed by atoms with Crippen LogP contribution < -0.4 is 9.47 Å². The Hall–Kier alpha value is -2.54. The van der Waals surface area contributed by atoms with Crippen LogP contribution in [0.4, 0.5) is 4.39 Å². The lowest BCUT2D eigenvalue weighted by molar-refractivity contribution is 0.397. The van der Waals surface area contributed by atoms with Crippen LogP contribution in [-0.4, -0.2) is 14.2 Å². The monoisotopic (exact) mass is 257 g/mol.